The van der Waals surface area contributed by atoms with Crippen LogP contribution >= 0.6 is 0 Å². The summed E-state index contributed by atoms with van der Waals surface area (Å²) in [6.45, 7) is 9.49. The summed E-state index contributed by atoms with van der Waals surface area (Å²) in [5, 5.41) is 11.7. The third kappa shape index (κ3) is 10.3. The molecular formula is C17H30N2O3. The first kappa shape index (κ1) is 20.6. The van der Waals surface area contributed by atoms with Crippen LogP contribution in [0.4, 0.5) is 0 Å². The van der Waals surface area contributed by atoms with E-state index in [0.717, 1.165) is 18.7 Å². The number of carbonyl (C=O) groups is 1. The van der Waals surface area contributed by atoms with Crippen LogP contribution in [0.1, 0.15) is 26.3 Å². The molecular weight excluding hydrogens is 280 g/mol. The molecule has 0 aromatic heterocycles. The number of carbonyl (C=O) groups excluding carboxylic acids is 1. The van der Waals surface area contributed by atoms with E-state index in [1.54, 1.807) is 0 Å². The van der Waals surface area contributed by atoms with Gasteiger partial charge in [0, 0.05) is 19.6 Å². The summed E-state index contributed by atoms with van der Waals surface area (Å²) in [4.78, 5) is 13.6. The Morgan fingerprint density at radius 3 is 2.50 bits per heavy atom. The van der Waals surface area contributed by atoms with Crippen LogP contribution in [0.15, 0.2) is 30.3 Å². The van der Waals surface area contributed by atoms with Crippen molar-refractivity contribution in [3.8, 4) is 0 Å². The van der Waals surface area contributed by atoms with Gasteiger partial charge in [-0.3, -0.25) is 9.69 Å². The second-order valence-electron chi connectivity index (χ2n) is 4.47. The van der Waals surface area contributed by atoms with E-state index in [1.807, 2.05) is 51.1 Å². The Balaban J connectivity index is 0.00000211. The van der Waals surface area contributed by atoms with E-state index in [2.05, 4.69) is 10.2 Å². The Bertz CT molecular complexity index is 371. The lowest BCUT2D eigenvalue weighted by Crippen LogP contribution is -2.32. The minimum Gasteiger partial charge on any atom is -0.395 e. The van der Waals surface area contributed by atoms with Gasteiger partial charge in [-0.2, -0.15) is 0 Å². The molecule has 1 aromatic carbocycles. The minimum atomic E-state index is -0.112. The number of aliphatic hydroxyl groups is 1. The van der Waals surface area contributed by atoms with E-state index in [9.17, 15) is 4.79 Å². The fourth-order valence-corrected chi connectivity index (χ4v) is 1.78. The van der Waals surface area contributed by atoms with Crippen molar-refractivity contribution in [1.29, 1.82) is 0 Å². The van der Waals surface area contributed by atoms with Gasteiger partial charge in [0.05, 0.1) is 13.2 Å². The Labute approximate surface area is 134 Å². The molecule has 0 radical (unpaired) electrons. The second kappa shape index (κ2) is 14.5. The van der Waals surface area contributed by atoms with E-state index < -0.39 is 0 Å². The summed E-state index contributed by atoms with van der Waals surface area (Å²) >= 11 is 0. The molecule has 0 heterocycles. The molecule has 0 saturated carbocycles. The van der Waals surface area contributed by atoms with Gasteiger partial charge in [-0.1, -0.05) is 51.1 Å². The molecule has 1 aromatic rings. The Morgan fingerprint density at radius 2 is 1.91 bits per heavy atom. The first-order valence-electron chi connectivity index (χ1n) is 7.97. The van der Waals surface area contributed by atoms with Crippen LogP contribution in [0.2, 0.25) is 0 Å². The van der Waals surface area contributed by atoms with Gasteiger partial charge in [-0.05, 0) is 12.1 Å². The van der Waals surface area contributed by atoms with Crippen LogP contribution < -0.4 is 5.32 Å². The molecule has 0 bridgehead atoms. The van der Waals surface area contributed by atoms with Gasteiger partial charge in [0.25, 0.3) is 0 Å². The smallest absolute Gasteiger partial charge is 0.246 e. The zero-order chi connectivity index (χ0) is 16.6. The van der Waals surface area contributed by atoms with Gasteiger partial charge in [0.1, 0.15) is 6.61 Å². The number of hydrogen-bond acceptors (Lipinski definition) is 4. The van der Waals surface area contributed by atoms with Crippen molar-refractivity contribution >= 4 is 5.91 Å². The van der Waals surface area contributed by atoms with E-state index in [-0.39, 0.29) is 19.1 Å². The highest BCUT2D eigenvalue weighted by atomic mass is 16.5. The summed E-state index contributed by atoms with van der Waals surface area (Å²) in [5.41, 5.74) is 1.07. The van der Waals surface area contributed by atoms with Crippen molar-refractivity contribution in [3.05, 3.63) is 35.9 Å². The summed E-state index contributed by atoms with van der Waals surface area (Å²) < 4.78 is 5.33. The number of hydrogen-bond donors (Lipinski definition) is 2. The van der Waals surface area contributed by atoms with Crippen molar-refractivity contribution in [3.63, 3.8) is 0 Å². The maximum absolute atomic E-state index is 11.6. The van der Waals surface area contributed by atoms with Gasteiger partial charge in [-0.15, -0.1) is 0 Å². The first-order valence-corrected chi connectivity index (χ1v) is 7.97. The normalized spacial score (nSPS) is 10.0. The Kier molecular flexibility index (Phi) is 13.6. The number of ether oxygens (including phenoxy) is 1. The molecule has 126 valence electrons. The lowest BCUT2D eigenvalue weighted by atomic mass is 10.2. The fourth-order valence-electron chi connectivity index (χ4n) is 1.78. The SMILES string of the molecule is CC.CCN(CCO)CCOCC(=O)NCc1ccccc1. The van der Waals surface area contributed by atoms with E-state index >= 15 is 0 Å². The monoisotopic (exact) mass is 310 g/mol. The average molecular weight is 310 g/mol. The van der Waals surface area contributed by atoms with Crippen LogP contribution in [0.5, 0.6) is 0 Å². The average Bonchev–Trinajstić information content (AvgIpc) is 2.58. The van der Waals surface area contributed by atoms with Crippen LogP contribution in [0.3, 0.4) is 0 Å². The van der Waals surface area contributed by atoms with Gasteiger partial charge >= 0.3 is 0 Å². The van der Waals surface area contributed by atoms with E-state index in [0.29, 0.717) is 19.7 Å². The molecule has 0 aliphatic heterocycles. The molecule has 1 rings (SSSR count). The van der Waals surface area contributed by atoms with E-state index in [4.69, 9.17) is 9.84 Å². The lowest BCUT2D eigenvalue weighted by molar-refractivity contribution is -0.126. The zero-order valence-corrected chi connectivity index (χ0v) is 14.0. The molecule has 0 aliphatic carbocycles. The van der Waals surface area contributed by atoms with Crippen molar-refractivity contribution in [2.75, 3.05) is 39.5 Å². The number of amides is 1. The quantitative estimate of drug-likeness (QED) is 0.645. The molecule has 5 nitrogen and oxygen atoms in total. The molecule has 0 spiro atoms. The molecule has 22 heavy (non-hydrogen) atoms. The van der Waals surface area contributed by atoms with Gasteiger partial charge < -0.3 is 15.2 Å². The highest BCUT2D eigenvalue weighted by molar-refractivity contribution is 5.77. The largest absolute Gasteiger partial charge is 0.395 e. The Morgan fingerprint density at radius 1 is 1.23 bits per heavy atom. The topological polar surface area (TPSA) is 61.8 Å². The van der Waals surface area contributed by atoms with Crippen molar-refractivity contribution in [2.45, 2.75) is 27.3 Å². The van der Waals surface area contributed by atoms with Gasteiger partial charge in [0.2, 0.25) is 5.91 Å². The zero-order valence-electron chi connectivity index (χ0n) is 14.0. The van der Waals surface area contributed by atoms with Crippen molar-refractivity contribution in [2.24, 2.45) is 0 Å². The summed E-state index contributed by atoms with van der Waals surface area (Å²) in [7, 11) is 0. The number of benzene rings is 1. The highest BCUT2D eigenvalue weighted by Crippen LogP contribution is 1.96. The van der Waals surface area contributed by atoms with Crippen molar-refractivity contribution < 1.29 is 14.6 Å². The highest BCUT2D eigenvalue weighted by Gasteiger charge is 2.03. The number of nitrogens with one attached hydrogen (secondary N) is 1. The number of aliphatic hydroxyl groups excluding tert-OH is 1. The Hall–Kier alpha value is -1.43. The van der Waals surface area contributed by atoms with Gasteiger partial charge in [0.15, 0.2) is 0 Å². The van der Waals surface area contributed by atoms with Crippen LogP contribution in [-0.2, 0) is 16.1 Å². The molecule has 0 fully saturated rings. The molecule has 0 saturated heterocycles. The molecule has 0 aliphatic rings. The predicted molar refractivity (Wildman–Crippen MR) is 89.7 cm³/mol. The lowest BCUT2D eigenvalue weighted by Gasteiger charge is -2.18. The standard InChI is InChI=1S/C15H24N2O3.C2H6/c1-2-17(8-10-18)9-11-20-13-15(19)16-12-14-6-4-3-5-7-14;1-2/h3-7,18H,2,8-13H2,1H3,(H,16,19);1-2H3. The minimum absolute atomic E-state index is 0.0729. The third-order valence-electron chi connectivity index (χ3n) is 2.98. The predicted octanol–water partition coefficient (Wildman–Crippen LogP) is 1.66. The van der Waals surface area contributed by atoms with Gasteiger partial charge in [-0.25, -0.2) is 0 Å². The van der Waals surface area contributed by atoms with Crippen LogP contribution in [0.25, 0.3) is 0 Å². The number of rotatable bonds is 10. The third-order valence-corrected chi connectivity index (χ3v) is 2.98. The van der Waals surface area contributed by atoms with E-state index in [1.165, 1.54) is 0 Å². The van der Waals surface area contributed by atoms with Crippen molar-refractivity contribution in [1.82, 2.24) is 10.2 Å². The maximum Gasteiger partial charge on any atom is 0.246 e. The number of likely N-dealkylation sites (N-methyl/N-ethyl adjacent to an activating group) is 1. The summed E-state index contributed by atoms with van der Waals surface area (Å²) in [5.74, 6) is -0.112. The molecule has 0 unspecified atom stereocenters. The molecule has 1 amide bonds. The van der Waals surface area contributed by atoms with Crippen LogP contribution in [0, 0.1) is 0 Å². The summed E-state index contributed by atoms with van der Waals surface area (Å²) in [6, 6.07) is 9.77. The molecule has 2 N–H and O–H groups in total. The van der Waals surface area contributed by atoms with Crippen LogP contribution in [-0.4, -0.2) is 55.4 Å². The molecule has 0 atom stereocenters. The molecule has 5 heteroatoms. The first-order chi connectivity index (χ1) is 10.8. The number of nitrogens with zero attached hydrogens (tertiary/aromatic N) is 1. The maximum atomic E-state index is 11.6. The summed E-state index contributed by atoms with van der Waals surface area (Å²) in [6.07, 6.45) is 0. The second-order valence-corrected chi connectivity index (χ2v) is 4.47. The fraction of sp³-hybridized carbons (Fsp3) is 0.588.